The van der Waals surface area contributed by atoms with Crippen molar-refractivity contribution in [2.45, 2.75) is 39.2 Å². The summed E-state index contributed by atoms with van der Waals surface area (Å²) in [6, 6.07) is 0.461. The molecule has 3 rings (SSSR count). The zero-order valence-corrected chi connectivity index (χ0v) is 18.8. The summed E-state index contributed by atoms with van der Waals surface area (Å²) in [5.41, 5.74) is 0. The Morgan fingerprint density at radius 1 is 1.27 bits per heavy atom. The van der Waals surface area contributed by atoms with E-state index in [1.165, 1.54) is 0 Å². The van der Waals surface area contributed by atoms with Crippen LogP contribution in [0, 0.1) is 11.8 Å². The summed E-state index contributed by atoms with van der Waals surface area (Å²) in [5, 5.41) is 3.35. The number of hydrogen-bond donors (Lipinski definition) is 1. The Bertz CT molecular complexity index is 634. The van der Waals surface area contributed by atoms with Gasteiger partial charge in [0.15, 0.2) is 15.8 Å². The highest BCUT2D eigenvalue weighted by molar-refractivity contribution is 14.0. The van der Waals surface area contributed by atoms with E-state index in [4.69, 9.17) is 0 Å². The molecule has 7 nitrogen and oxygen atoms in total. The third-order valence-corrected chi connectivity index (χ3v) is 6.86. The number of halogens is 1. The van der Waals surface area contributed by atoms with Crippen molar-refractivity contribution in [2.24, 2.45) is 16.8 Å². The molecule has 9 heteroatoms. The van der Waals surface area contributed by atoms with Gasteiger partial charge in [0.25, 0.3) is 0 Å². The van der Waals surface area contributed by atoms with Gasteiger partial charge in [-0.05, 0) is 31.1 Å². The molecule has 1 aliphatic carbocycles. The van der Waals surface area contributed by atoms with Gasteiger partial charge in [0.2, 0.25) is 5.91 Å². The lowest BCUT2D eigenvalue weighted by Crippen LogP contribution is -2.56. The Morgan fingerprint density at radius 3 is 2.54 bits per heavy atom. The molecule has 2 saturated heterocycles. The summed E-state index contributed by atoms with van der Waals surface area (Å²) in [6.07, 6.45) is 2.98. The van der Waals surface area contributed by atoms with Crippen molar-refractivity contribution in [1.82, 2.24) is 15.1 Å². The maximum atomic E-state index is 12.4. The normalized spacial score (nSPS) is 26.2. The fourth-order valence-electron chi connectivity index (χ4n) is 3.44. The van der Waals surface area contributed by atoms with E-state index in [9.17, 15) is 13.2 Å². The predicted octanol–water partition coefficient (Wildman–Crippen LogP) is 0.947. The molecule has 0 radical (unpaired) electrons. The fourth-order valence-corrected chi connectivity index (χ4v) is 5.31. The van der Waals surface area contributed by atoms with Crippen LogP contribution in [0.4, 0.5) is 0 Å². The minimum absolute atomic E-state index is 0. The molecule has 26 heavy (non-hydrogen) atoms. The molecule has 0 aromatic carbocycles. The Kier molecular flexibility index (Phi) is 7.58. The summed E-state index contributed by atoms with van der Waals surface area (Å²) in [7, 11) is -2.87. The molecule has 0 aromatic rings. The summed E-state index contributed by atoms with van der Waals surface area (Å²) < 4.78 is 23.3. The van der Waals surface area contributed by atoms with Crippen LogP contribution < -0.4 is 5.32 Å². The Morgan fingerprint density at radius 2 is 2.00 bits per heavy atom. The van der Waals surface area contributed by atoms with Gasteiger partial charge in [0, 0.05) is 32.2 Å². The molecule has 0 spiro atoms. The van der Waals surface area contributed by atoms with Gasteiger partial charge in [-0.25, -0.2) is 8.42 Å². The van der Waals surface area contributed by atoms with Gasteiger partial charge >= 0.3 is 0 Å². The van der Waals surface area contributed by atoms with E-state index in [0.29, 0.717) is 38.0 Å². The van der Waals surface area contributed by atoms with Gasteiger partial charge in [-0.1, -0.05) is 13.8 Å². The second-order valence-electron chi connectivity index (χ2n) is 7.95. The fraction of sp³-hybridized carbons (Fsp3) is 0.882. The first-order chi connectivity index (χ1) is 11.8. The van der Waals surface area contributed by atoms with Crippen molar-refractivity contribution in [3.63, 3.8) is 0 Å². The molecule has 2 aliphatic heterocycles. The van der Waals surface area contributed by atoms with Crippen LogP contribution in [0.2, 0.25) is 0 Å². The SMILES string of the molecule is CC(C)CN=C(NCC1CCS(=O)(=O)C1)N1CCN(C2CC2)C(=O)C1.I. The van der Waals surface area contributed by atoms with E-state index < -0.39 is 9.84 Å². The molecule has 1 atom stereocenters. The van der Waals surface area contributed by atoms with Gasteiger partial charge in [0.1, 0.15) is 0 Å². The first kappa shape index (κ1) is 21.7. The standard InChI is InChI=1S/C17H30N4O3S.HI/c1-13(2)9-18-17(19-10-14-5-8-25(23,24)12-14)20-6-7-21(15-3-4-15)16(22)11-20;/h13-15H,3-12H2,1-2H3,(H,18,19);1H. The number of guanidine groups is 1. The topological polar surface area (TPSA) is 82.1 Å². The van der Waals surface area contributed by atoms with Crippen LogP contribution in [0.5, 0.6) is 0 Å². The number of nitrogens with zero attached hydrogens (tertiary/aromatic N) is 3. The lowest BCUT2D eigenvalue weighted by Gasteiger charge is -2.36. The Labute approximate surface area is 173 Å². The quantitative estimate of drug-likeness (QED) is 0.347. The molecule has 1 amide bonds. The highest BCUT2D eigenvalue weighted by Gasteiger charge is 2.36. The molecular formula is C17H31IN4O3S. The van der Waals surface area contributed by atoms with Crippen LogP contribution in [0.15, 0.2) is 4.99 Å². The number of sulfone groups is 1. The van der Waals surface area contributed by atoms with Gasteiger partial charge in [-0.3, -0.25) is 9.79 Å². The van der Waals surface area contributed by atoms with E-state index in [2.05, 4.69) is 24.2 Å². The van der Waals surface area contributed by atoms with Crippen LogP contribution in [0.1, 0.15) is 33.1 Å². The van der Waals surface area contributed by atoms with Gasteiger partial charge in [-0.15, -0.1) is 24.0 Å². The van der Waals surface area contributed by atoms with E-state index in [-0.39, 0.29) is 47.3 Å². The maximum Gasteiger partial charge on any atom is 0.242 e. The van der Waals surface area contributed by atoms with Crippen LogP contribution >= 0.6 is 24.0 Å². The summed E-state index contributed by atoms with van der Waals surface area (Å²) in [4.78, 5) is 21.1. The number of nitrogens with one attached hydrogen (secondary N) is 1. The molecule has 1 N–H and O–H groups in total. The van der Waals surface area contributed by atoms with E-state index in [1.807, 2.05) is 9.80 Å². The number of hydrogen-bond acceptors (Lipinski definition) is 4. The Hall–Kier alpha value is -0.580. The van der Waals surface area contributed by atoms with E-state index in [0.717, 1.165) is 31.9 Å². The second-order valence-corrected chi connectivity index (χ2v) is 10.2. The molecule has 3 aliphatic rings. The number of aliphatic imine (C=N–C) groups is 1. The zero-order valence-electron chi connectivity index (χ0n) is 15.7. The van der Waals surface area contributed by atoms with Crippen molar-refractivity contribution < 1.29 is 13.2 Å². The smallest absolute Gasteiger partial charge is 0.242 e. The van der Waals surface area contributed by atoms with Crippen LogP contribution in [-0.2, 0) is 14.6 Å². The number of piperazine rings is 1. The average Bonchev–Trinajstić information content (AvgIpc) is 3.31. The minimum Gasteiger partial charge on any atom is -0.356 e. The largest absolute Gasteiger partial charge is 0.356 e. The zero-order chi connectivity index (χ0) is 18.0. The first-order valence-corrected chi connectivity index (χ1v) is 11.2. The third kappa shape index (κ3) is 5.97. The van der Waals surface area contributed by atoms with Crippen molar-refractivity contribution >= 4 is 45.7 Å². The van der Waals surface area contributed by atoms with Crippen molar-refractivity contribution in [3.8, 4) is 0 Å². The lowest BCUT2D eigenvalue weighted by atomic mass is 10.1. The molecule has 150 valence electrons. The number of carbonyl (C=O) groups is 1. The molecular weight excluding hydrogens is 467 g/mol. The van der Waals surface area contributed by atoms with Crippen molar-refractivity contribution in [1.29, 1.82) is 0 Å². The van der Waals surface area contributed by atoms with Crippen molar-refractivity contribution in [2.75, 3.05) is 44.2 Å². The third-order valence-electron chi connectivity index (χ3n) is 5.03. The lowest BCUT2D eigenvalue weighted by molar-refractivity contribution is -0.135. The summed E-state index contributed by atoms with van der Waals surface area (Å²) >= 11 is 0. The molecule has 0 bridgehead atoms. The van der Waals surface area contributed by atoms with Gasteiger partial charge in [0.05, 0.1) is 18.1 Å². The van der Waals surface area contributed by atoms with Crippen LogP contribution in [0.25, 0.3) is 0 Å². The predicted molar refractivity (Wildman–Crippen MR) is 114 cm³/mol. The van der Waals surface area contributed by atoms with Crippen LogP contribution in [-0.4, -0.2) is 80.4 Å². The van der Waals surface area contributed by atoms with E-state index >= 15 is 0 Å². The summed E-state index contributed by atoms with van der Waals surface area (Å²) in [6.45, 7) is 7.43. The van der Waals surface area contributed by atoms with Gasteiger partial charge in [-0.2, -0.15) is 0 Å². The monoisotopic (exact) mass is 498 g/mol. The molecule has 1 saturated carbocycles. The minimum atomic E-state index is -2.87. The van der Waals surface area contributed by atoms with E-state index in [1.54, 1.807) is 0 Å². The highest BCUT2D eigenvalue weighted by atomic mass is 127. The number of amides is 1. The maximum absolute atomic E-state index is 12.4. The number of carbonyl (C=O) groups excluding carboxylic acids is 1. The molecule has 1 unspecified atom stereocenters. The molecule has 2 heterocycles. The molecule has 0 aromatic heterocycles. The average molecular weight is 498 g/mol. The summed E-state index contributed by atoms with van der Waals surface area (Å²) in [5.74, 6) is 2.05. The second kappa shape index (κ2) is 9.07. The van der Waals surface area contributed by atoms with Crippen LogP contribution in [0.3, 0.4) is 0 Å². The Balaban J connectivity index is 0.00000243. The first-order valence-electron chi connectivity index (χ1n) is 9.37. The van der Waals surface area contributed by atoms with Gasteiger partial charge < -0.3 is 15.1 Å². The molecule has 3 fully saturated rings. The van der Waals surface area contributed by atoms with Crippen molar-refractivity contribution in [3.05, 3.63) is 0 Å². The highest BCUT2D eigenvalue weighted by Crippen LogP contribution is 2.28. The number of rotatable bonds is 5.